The maximum absolute atomic E-state index is 6.35. The van der Waals surface area contributed by atoms with E-state index in [2.05, 4.69) is 4.90 Å². The first-order chi connectivity index (χ1) is 9.81. The van der Waals surface area contributed by atoms with E-state index >= 15 is 0 Å². The molecule has 21 heavy (non-hydrogen) atoms. The molecule has 3 unspecified atom stereocenters. The number of hydrogen-bond donors (Lipinski definition) is 1. The molecular weight excluding hydrogens is 377 g/mol. The zero-order valence-corrected chi connectivity index (χ0v) is 15.1. The van der Waals surface area contributed by atoms with Gasteiger partial charge in [-0.2, -0.15) is 0 Å². The summed E-state index contributed by atoms with van der Waals surface area (Å²) in [5.74, 6) is 1.47. The number of rotatable bonds is 1. The van der Waals surface area contributed by atoms with Gasteiger partial charge in [0.15, 0.2) is 5.96 Å². The van der Waals surface area contributed by atoms with Crippen molar-refractivity contribution in [1.29, 1.82) is 0 Å². The van der Waals surface area contributed by atoms with Crippen LogP contribution >= 0.6 is 24.0 Å². The molecule has 4 rings (SSSR count). The number of fused-ring (bicyclic) bond motifs is 2. The highest BCUT2D eigenvalue weighted by Crippen LogP contribution is 2.64. The smallest absolute Gasteiger partial charge is 0.191 e. The first kappa shape index (κ1) is 15.8. The number of nitrogens with two attached hydrogens (primary N) is 1. The third-order valence-electron chi connectivity index (χ3n) is 6.18. The van der Waals surface area contributed by atoms with Gasteiger partial charge in [0.2, 0.25) is 0 Å². The van der Waals surface area contributed by atoms with Gasteiger partial charge in [-0.1, -0.05) is 19.3 Å². The molecule has 5 heteroatoms. The van der Waals surface area contributed by atoms with Crippen molar-refractivity contribution in [3.8, 4) is 0 Å². The minimum atomic E-state index is 0. The molecule has 2 N–H and O–H groups in total. The summed E-state index contributed by atoms with van der Waals surface area (Å²) in [6.45, 7) is 3.13. The summed E-state index contributed by atoms with van der Waals surface area (Å²) in [6.07, 6.45) is 10.9. The summed E-state index contributed by atoms with van der Waals surface area (Å²) in [7, 11) is 0. The van der Waals surface area contributed by atoms with Crippen LogP contribution in [0.2, 0.25) is 0 Å². The zero-order valence-electron chi connectivity index (χ0n) is 12.8. The van der Waals surface area contributed by atoms with Gasteiger partial charge < -0.3 is 15.4 Å². The van der Waals surface area contributed by atoms with E-state index in [1.807, 2.05) is 0 Å². The molecule has 4 nitrogen and oxygen atoms in total. The topological polar surface area (TPSA) is 50.9 Å². The van der Waals surface area contributed by atoms with Crippen LogP contribution in [0, 0.1) is 11.3 Å². The Morgan fingerprint density at radius 2 is 1.81 bits per heavy atom. The van der Waals surface area contributed by atoms with Crippen LogP contribution in [-0.2, 0) is 4.74 Å². The van der Waals surface area contributed by atoms with Crippen LogP contribution in [0.15, 0.2) is 4.99 Å². The molecule has 0 amide bonds. The van der Waals surface area contributed by atoms with Crippen LogP contribution in [0.4, 0.5) is 0 Å². The Labute approximate surface area is 144 Å². The molecule has 0 bridgehead atoms. The lowest BCUT2D eigenvalue weighted by Crippen LogP contribution is -2.66. The Balaban J connectivity index is 0.00000132. The minimum Gasteiger partial charge on any atom is -0.377 e. The fourth-order valence-electron chi connectivity index (χ4n) is 4.91. The van der Waals surface area contributed by atoms with Crippen LogP contribution in [0.3, 0.4) is 0 Å². The molecular formula is C16H28IN3O. The second kappa shape index (κ2) is 6.22. The van der Waals surface area contributed by atoms with E-state index in [0.29, 0.717) is 23.5 Å². The lowest BCUT2D eigenvalue weighted by atomic mass is 9.46. The summed E-state index contributed by atoms with van der Waals surface area (Å²) in [5.41, 5.74) is 6.72. The SMILES string of the molecule is I.NC(=NC1C2CCOC2C12CCC2)N1CCCCCC1. The molecule has 4 aliphatic rings. The van der Waals surface area contributed by atoms with Crippen molar-refractivity contribution in [2.45, 2.75) is 63.5 Å². The van der Waals surface area contributed by atoms with E-state index < -0.39 is 0 Å². The average Bonchev–Trinajstić information content (AvgIpc) is 2.63. The Kier molecular flexibility index (Phi) is 4.69. The Hall–Kier alpha value is -0.0400. The van der Waals surface area contributed by atoms with E-state index in [9.17, 15) is 0 Å². The third kappa shape index (κ3) is 2.48. The average molecular weight is 405 g/mol. The summed E-state index contributed by atoms with van der Waals surface area (Å²) >= 11 is 0. The molecule has 2 aliphatic heterocycles. The first-order valence-electron chi connectivity index (χ1n) is 8.51. The van der Waals surface area contributed by atoms with E-state index in [4.69, 9.17) is 15.5 Å². The number of hydrogen-bond acceptors (Lipinski definition) is 2. The van der Waals surface area contributed by atoms with Crippen LogP contribution in [-0.4, -0.2) is 42.7 Å². The normalized spacial score (nSPS) is 38.0. The summed E-state index contributed by atoms with van der Waals surface area (Å²) in [6, 6.07) is 0.451. The Morgan fingerprint density at radius 3 is 2.43 bits per heavy atom. The standard InChI is InChI=1S/C16H27N3O.HI/c17-15(19-9-3-1-2-4-10-19)18-13-12-6-11-20-14(12)16(13)7-5-8-16;/h12-14H,1-11H2,(H2,17,18);1H. The first-order valence-corrected chi connectivity index (χ1v) is 8.51. The molecule has 2 saturated carbocycles. The van der Waals surface area contributed by atoms with Crippen molar-refractivity contribution in [2.24, 2.45) is 22.1 Å². The number of nitrogens with zero attached hydrogens (tertiary/aromatic N) is 2. The fraction of sp³-hybridized carbons (Fsp3) is 0.938. The van der Waals surface area contributed by atoms with Gasteiger partial charge in [-0.25, -0.2) is 4.99 Å². The van der Waals surface area contributed by atoms with Crippen molar-refractivity contribution >= 4 is 29.9 Å². The van der Waals surface area contributed by atoms with Gasteiger partial charge in [0, 0.05) is 31.0 Å². The van der Waals surface area contributed by atoms with Crippen LogP contribution < -0.4 is 5.73 Å². The minimum absolute atomic E-state index is 0. The Bertz CT molecular complexity index is 402. The number of guanidine groups is 1. The maximum Gasteiger partial charge on any atom is 0.191 e. The molecule has 0 aromatic carbocycles. The highest BCUT2D eigenvalue weighted by molar-refractivity contribution is 14.0. The van der Waals surface area contributed by atoms with Gasteiger partial charge in [-0.3, -0.25) is 0 Å². The molecule has 2 saturated heterocycles. The monoisotopic (exact) mass is 405 g/mol. The molecule has 0 radical (unpaired) electrons. The third-order valence-corrected chi connectivity index (χ3v) is 6.18. The van der Waals surface area contributed by atoms with Crippen LogP contribution in [0.1, 0.15) is 51.4 Å². The lowest BCUT2D eigenvalue weighted by molar-refractivity contribution is -0.164. The van der Waals surface area contributed by atoms with Crippen LogP contribution in [0.25, 0.3) is 0 Å². The fourth-order valence-corrected chi connectivity index (χ4v) is 4.91. The van der Waals surface area contributed by atoms with Crippen molar-refractivity contribution in [2.75, 3.05) is 19.7 Å². The van der Waals surface area contributed by atoms with Gasteiger partial charge in [-0.05, 0) is 32.1 Å². The van der Waals surface area contributed by atoms with Gasteiger partial charge in [-0.15, -0.1) is 24.0 Å². The van der Waals surface area contributed by atoms with E-state index in [1.165, 1.54) is 51.4 Å². The summed E-state index contributed by atoms with van der Waals surface area (Å²) in [4.78, 5) is 7.33. The second-order valence-electron chi connectivity index (χ2n) is 7.16. The van der Waals surface area contributed by atoms with Gasteiger partial charge in [0.1, 0.15) is 0 Å². The molecule has 2 heterocycles. The molecule has 120 valence electrons. The predicted octanol–water partition coefficient (Wildman–Crippen LogP) is 2.75. The Morgan fingerprint density at radius 1 is 1.10 bits per heavy atom. The number of aliphatic imine (C=N–C) groups is 1. The largest absolute Gasteiger partial charge is 0.377 e. The molecule has 4 fully saturated rings. The quantitative estimate of drug-likeness (QED) is 0.415. The van der Waals surface area contributed by atoms with Crippen molar-refractivity contribution in [1.82, 2.24) is 4.90 Å². The highest BCUT2D eigenvalue weighted by Gasteiger charge is 2.66. The van der Waals surface area contributed by atoms with E-state index in [-0.39, 0.29) is 24.0 Å². The lowest BCUT2D eigenvalue weighted by Gasteiger charge is -2.61. The molecule has 3 atom stereocenters. The predicted molar refractivity (Wildman–Crippen MR) is 95.0 cm³/mol. The van der Waals surface area contributed by atoms with Crippen molar-refractivity contribution < 1.29 is 4.74 Å². The molecule has 0 aromatic heterocycles. The summed E-state index contributed by atoms with van der Waals surface area (Å²) < 4.78 is 5.96. The van der Waals surface area contributed by atoms with Crippen LogP contribution in [0.5, 0.6) is 0 Å². The maximum atomic E-state index is 6.35. The zero-order chi connectivity index (χ0) is 13.6. The molecule has 0 aromatic rings. The van der Waals surface area contributed by atoms with Crippen molar-refractivity contribution in [3.05, 3.63) is 0 Å². The van der Waals surface area contributed by atoms with E-state index in [1.54, 1.807) is 0 Å². The van der Waals surface area contributed by atoms with Gasteiger partial charge >= 0.3 is 0 Å². The second-order valence-corrected chi connectivity index (χ2v) is 7.16. The van der Waals surface area contributed by atoms with Gasteiger partial charge in [0.05, 0.1) is 12.1 Å². The molecule has 2 aliphatic carbocycles. The molecule has 1 spiro atoms. The summed E-state index contributed by atoms with van der Waals surface area (Å²) in [5, 5.41) is 0. The van der Waals surface area contributed by atoms with E-state index in [0.717, 1.165) is 25.7 Å². The van der Waals surface area contributed by atoms with Gasteiger partial charge in [0.25, 0.3) is 0 Å². The number of ether oxygens (including phenoxy) is 1. The van der Waals surface area contributed by atoms with Crippen molar-refractivity contribution in [3.63, 3.8) is 0 Å². The number of likely N-dealkylation sites (tertiary alicyclic amines) is 1. The number of halogens is 1. The highest BCUT2D eigenvalue weighted by atomic mass is 127.